The maximum atomic E-state index is 9.61. The zero-order valence-corrected chi connectivity index (χ0v) is 6.63. The molecule has 0 unspecified atom stereocenters. The highest BCUT2D eigenvalue weighted by Gasteiger charge is 1.97. The molecule has 0 bridgehead atoms. The number of nitrogens with zero attached hydrogens (tertiary/aromatic N) is 1. The Morgan fingerprint density at radius 2 is 2.09 bits per heavy atom. The van der Waals surface area contributed by atoms with Crippen LogP contribution in [-0.2, 0) is 4.79 Å². The molecule has 0 atom stereocenters. The summed E-state index contributed by atoms with van der Waals surface area (Å²) in [5, 5.41) is 15.6. The Morgan fingerprint density at radius 3 is 2.09 bits per heavy atom. The second kappa shape index (κ2) is 8.70. The molecular formula is C8H12NO2. The van der Waals surface area contributed by atoms with Crippen LogP contribution in [0.3, 0.4) is 0 Å². The highest BCUT2D eigenvalue weighted by atomic mass is 16.4. The molecule has 0 aliphatic rings. The molecule has 0 amide bonds. The molecule has 0 aromatic rings. The highest BCUT2D eigenvalue weighted by molar-refractivity contribution is 5.90. The molecule has 0 aliphatic heterocycles. The number of hydrogen-bond acceptors (Lipinski definition) is 2. The van der Waals surface area contributed by atoms with E-state index in [1.165, 1.54) is 12.5 Å². The van der Waals surface area contributed by atoms with Gasteiger partial charge in [-0.15, -0.1) is 0 Å². The van der Waals surface area contributed by atoms with E-state index in [1.54, 1.807) is 0 Å². The lowest BCUT2D eigenvalue weighted by Gasteiger charge is -1.76. The summed E-state index contributed by atoms with van der Waals surface area (Å²) in [4.78, 5) is 9.61. The van der Waals surface area contributed by atoms with E-state index in [2.05, 4.69) is 20.4 Å². The Hall–Kier alpha value is -1.30. The summed E-state index contributed by atoms with van der Waals surface area (Å²) in [5.74, 6) is -1.26. The van der Waals surface area contributed by atoms with Gasteiger partial charge in [0, 0.05) is 0 Å². The molecule has 0 fully saturated rings. The van der Waals surface area contributed by atoms with Gasteiger partial charge in [-0.25, -0.2) is 4.79 Å². The van der Waals surface area contributed by atoms with Crippen molar-refractivity contribution in [1.29, 1.82) is 5.26 Å². The number of rotatable bonds is 2. The van der Waals surface area contributed by atoms with E-state index >= 15 is 0 Å². The van der Waals surface area contributed by atoms with Crippen molar-refractivity contribution < 1.29 is 9.90 Å². The molecule has 0 aromatic heterocycles. The Kier molecular flexibility index (Phi) is 9.79. The molecule has 11 heavy (non-hydrogen) atoms. The van der Waals surface area contributed by atoms with Crippen LogP contribution in [0, 0.1) is 18.3 Å². The van der Waals surface area contributed by atoms with Crippen molar-refractivity contribution in [3.8, 4) is 6.07 Å². The van der Waals surface area contributed by atoms with Crippen LogP contribution in [0.5, 0.6) is 0 Å². The van der Waals surface area contributed by atoms with Crippen molar-refractivity contribution in [2.75, 3.05) is 0 Å². The quantitative estimate of drug-likeness (QED) is 0.487. The number of carboxylic acid groups (broad SMARTS) is 1. The summed E-state index contributed by atoms with van der Waals surface area (Å²) < 4.78 is 0. The van der Waals surface area contributed by atoms with Gasteiger partial charge in [-0.05, 0) is 0 Å². The van der Waals surface area contributed by atoms with Gasteiger partial charge in [0.05, 0.1) is 0 Å². The van der Waals surface area contributed by atoms with E-state index in [-0.39, 0.29) is 0 Å². The van der Waals surface area contributed by atoms with Crippen molar-refractivity contribution in [2.45, 2.75) is 19.8 Å². The van der Waals surface area contributed by atoms with Crippen LogP contribution in [0.4, 0.5) is 0 Å². The van der Waals surface area contributed by atoms with E-state index < -0.39 is 11.5 Å². The Morgan fingerprint density at radius 1 is 1.73 bits per heavy atom. The summed E-state index contributed by atoms with van der Waals surface area (Å²) in [6.45, 7) is 8.63. The third-order valence-corrected chi connectivity index (χ3v) is 0.747. The topological polar surface area (TPSA) is 61.1 Å². The zero-order valence-electron chi connectivity index (χ0n) is 6.63. The lowest BCUT2D eigenvalue weighted by Crippen LogP contribution is -1.94. The molecule has 1 radical (unpaired) electrons. The molecule has 0 aliphatic carbocycles. The Balaban J connectivity index is 0. The van der Waals surface area contributed by atoms with E-state index in [0.717, 1.165) is 6.42 Å². The average molecular weight is 154 g/mol. The first-order chi connectivity index (χ1) is 5.09. The van der Waals surface area contributed by atoms with Crippen molar-refractivity contribution in [1.82, 2.24) is 0 Å². The molecule has 3 nitrogen and oxygen atoms in total. The van der Waals surface area contributed by atoms with Crippen molar-refractivity contribution in [3.05, 3.63) is 19.1 Å². The van der Waals surface area contributed by atoms with Crippen molar-refractivity contribution in [2.24, 2.45) is 0 Å². The molecule has 0 spiro atoms. The molecule has 0 saturated carbocycles. The van der Waals surface area contributed by atoms with Crippen LogP contribution < -0.4 is 0 Å². The predicted octanol–water partition coefficient (Wildman–Crippen LogP) is 1.77. The molecule has 0 rings (SSSR count). The summed E-state index contributed by atoms with van der Waals surface area (Å²) in [6.07, 6.45) is 2.28. The van der Waals surface area contributed by atoms with Crippen molar-refractivity contribution in [3.63, 3.8) is 0 Å². The van der Waals surface area contributed by atoms with Gasteiger partial charge in [0.15, 0.2) is 0 Å². The van der Waals surface area contributed by atoms with Crippen LogP contribution in [0.1, 0.15) is 19.8 Å². The van der Waals surface area contributed by atoms with Crippen LogP contribution in [0.15, 0.2) is 12.2 Å². The fraction of sp³-hybridized carbons (Fsp3) is 0.375. The largest absolute Gasteiger partial charge is 0.477 e. The summed E-state index contributed by atoms with van der Waals surface area (Å²) >= 11 is 0. The van der Waals surface area contributed by atoms with E-state index in [1.807, 2.05) is 0 Å². The SMILES string of the molecule is C=C(C#N)C(=O)O.[CH2]CCC. The lowest BCUT2D eigenvalue weighted by molar-refractivity contribution is -0.132. The second-order valence-electron chi connectivity index (χ2n) is 1.75. The van der Waals surface area contributed by atoms with Gasteiger partial charge in [0.1, 0.15) is 11.6 Å². The summed E-state index contributed by atoms with van der Waals surface area (Å²) in [5.41, 5.74) is -0.431. The first-order valence-electron chi connectivity index (χ1n) is 3.21. The highest BCUT2D eigenvalue weighted by Crippen LogP contribution is 1.81. The minimum Gasteiger partial charge on any atom is -0.477 e. The van der Waals surface area contributed by atoms with Gasteiger partial charge in [-0.1, -0.05) is 33.3 Å². The maximum Gasteiger partial charge on any atom is 0.345 e. The number of carbonyl (C=O) groups is 1. The van der Waals surface area contributed by atoms with Crippen LogP contribution in [0.25, 0.3) is 0 Å². The van der Waals surface area contributed by atoms with Gasteiger partial charge in [0.25, 0.3) is 0 Å². The van der Waals surface area contributed by atoms with Crippen LogP contribution in [-0.4, -0.2) is 11.1 Å². The first-order valence-corrected chi connectivity index (χ1v) is 3.21. The average Bonchev–Trinajstić information content (AvgIpc) is 2.03. The normalized spacial score (nSPS) is 7.00. The number of nitriles is 1. The Labute approximate surface area is 67.0 Å². The fourth-order valence-electron chi connectivity index (χ4n) is 0.0478. The summed E-state index contributed by atoms with van der Waals surface area (Å²) in [6, 6.07) is 1.37. The molecule has 1 N–H and O–H groups in total. The molecular weight excluding hydrogens is 142 g/mol. The molecule has 0 heterocycles. The monoisotopic (exact) mass is 154 g/mol. The first kappa shape index (κ1) is 12.4. The summed E-state index contributed by atoms with van der Waals surface area (Å²) in [7, 11) is 0. The Bertz CT molecular complexity index is 165. The van der Waals surface area contributed by atoms with Crippen molar-refractivity contribution >= 4 is 5.97 Å². The number of aliphatic carboxylic acids is 1. The lowest BCUT2D eigenvalue weighted by atomic mass is 10.4. The fourth-order valence-corrected chi connectivity index (χ4v) is 0.0478. The molecule has 0 saturated heterocycles. The third-order valence-electron chi connectivity index (χ3n) is 0.747. The molecule has 61 valence electrons. The molecule has 3 heteroatoms. The standard InChI is InChI=1S/C4H3NO2.C4H9/c1-3(2-5)4(6)7;1-3-4-2/h1H2,(H,6,7);1,3-4H2,2H3. The van der Waals surface area contributed by atoms with Gasteiger partial charge < -0.3 is 5.11 Å². The number of carboxylic acids is 1. The predicted molar refractivity (Wildman–Crippen MR) is 42.7 cm³/mol. The maximum absolute atomic E-state index is 9.61. The smallest absolute Gasteiger partial charge is 0.345 e. The van der Waals surface area contributed by atoms with Gasteiger partial charge in [0.2, 0.25) is 0 Å². The van der Waals surface area contributed by atoms with E-state index in [4.69, 9.17) is 10.4 Å². The van der Waals surface area contributed by atoms with E-state index in [9.17, 15) is 4.79 Å². The number of hydrogen-bond donors (Lipinski definition) is 1. The number of unbranched alkanes of at least 4 members (excludes halogenated alkanes) is 1. The van der Waals surface area contributed by atoms with Crippen LogP contribution in [0.2, 0.25) is 0 Å². The second-order valence-corrected chi connectivity index (χ2v) is 1.75. The zero-order chi connectivity index (χ0) is 9.28. The molecule has 0 aromatic carbocycles. The van der Waals surface area contributed by atoms with Gasteiger partial charge in [-0.3, -0.25) is 0 Å². The van der Waals surface area contributed by atoms with Gasteiger partial charge in [-0.2, -0.15) is 5.26 Å². The minimum atomic E-state index is -1.26. The minimum absolute atomic E-state index is 0.431. The van der Waals surface area contributed by atoms with E-state index in [0.29, 0.717) is 0 Å². The van der Waals surface area contributed by atoms with Gasteiger partial charge >= 0.3 is 5.97 Å². The van der Waals surface area contributed by atoms with Crippen LogP contribution >= 0.6 is 0 Å². The third kappa shape index (κ3) is 12.0.